The van der Waals surface area contributed by atoms with E-state index in [-0.39, 0.29) is 0 Å². The van der Waals surface area contributed by atoms with Crippen LogP contribution in [0.4, 0.5) is 0 Å². The summed E-state index contributed by atoms with van der Waals surface area (Å²) in [7, 11) is 2.16. The minimum absolute atomic E-state index is 0.842. The van der Waals surface area contributed by atoms with Crippen LogP contribution in [0.2, 0.25) is 0 Å². The molecular weight excluding hydrogens is 396 g/mol. The number of nitrogens with one attached hydrogen (secondary N) is 1. The first-order valence-electron chi connectivity index (χ1n) is 10.6. The van der Waals surface area contributed by atoms with Gasteiger partial charge < -0.3 is 0 Å². The lowest BCUT2D eigenvalue weighted by molar-refractivity contribution is -0.633. The number of aromatic nitrogens is 2. The van der Waals surface area contributed by atoms with Crippen LogP contribution in [0.3, 0.4) is 0 Å². The lowest BCUT2D eigenvalue weighted by atomic mass is 10.00. The molecule has 2 aromatic heterocycles. The van der Waals surface area contributed by atoms with Crippen molar-refractivity contribution < 1.29 is 4.57 Å². The molecule has 0 fully saturated rings. The maximum Gasteiger partial charge on any atom is 0.289 e. The number of benzene rings is 4. The Kier molecular flexibility index (Phi) is 4.02. The van der Waals surface area contributed by atoms with Crippen molar-refractivity contribution in [3.63, 3.8) is 0 Å². The molecule has 0 aliphatic carbocycles. The second-order valence-corrected chi connectivity index (χ2v) is 9.34. The van der Waals surface area contributed by atoms with Gasteiger partial charge in [0.15, 0.2) is 11.0 Å². The Morgan fingerprint density at radius 2 is 1.81 bits per heavy atom. The molecule has 3 heteroatoms. The van der Waals surface area contributed by atoms with Crippen molar-refractivity contribution in [3.05, 3.63) is 90.5 Å². The normalized spacial score (nSPS) is 11.8. The molecule has 6 aromatic rings. The van der Waals surface area contributed by atoms with Crippen LogP contribution in [0.5, 0.6) is 0 Å². The van der Waals surface area contributed by atoms with E-state index in [9.17, 15) is 0 Å². The van der Waals surface area contributed by atoms with E-state index in [4.69, 9.17) is 0 Å². The van der Waals surface area contributed by atoms with Crippen molar-refractivity contribution in [2.75, 3.05) is 0 Å². The van der Waals surface area contributed by atoms with Gasteiger partial charge in [0.2, 0.25) is 0 Å². The van der Waals surface area contributed by atoms with E-state index in [2.05, 4.69) is 96.8 Å². The topological polar surface area (TPSA) is 19.7 Å². The summed E-state index contributed by atoms with van der Waals surface area (Å²) >= 11 is 1.89. The van der Waals surface area contributed by atoms with Crippen LogP contribution < -0.4 is 4.57 Å². The van der Waals surface area contributed by atoms with Gasteiger partial charge in [0.1, 0.15) is 0 Å². The second-order valence-electron chi connectivity index (χ2n) is 8.28. The van der Waals surface area contributed by atoms with E-state index in [1.54, 1.807) is 0 Å². The average Bonchev–Trinajstić information content (AvgIpc) is 3.31. The predicted octanol–water partition coefficient (Wildman–Crippen LogP) is 7.22. The number of allylic oxidation sites excluding steroid dienone is 1. The Morgan fingerprint density at radius 1 is 0.968 bits per heavy atom. The van der Waals surface area contributed by atoms with Gasteiger partial charge >= 0.3 is 0 Å². The summed E-state index contributed by atoms with van der Waals surface area (Å²) in [4.78, 5) is 3.81. The summed E-state index contributed by atoms with van der Waals surface area (Å²) in [6.07, 6.45) is 2.84. The highest BCUT2D eigenvalue weighted by molar-refractivity contribution is 7.26. The van der Waals surface area contributed by atoms with E-state index in [0.717, 1.165) is 12.2 Å². The Morgan fingerprint density at radius 3 is 2.68 bits per heavy atom. The van der Waals surface area contributed by atoms with Gasteiger partial charge in [-0.2, -0.15) is 0 Å². The fourth-order valence-corrected chi connectivity index (χ4v) is 6.17. The van der Waals surface area contributed by atoms with Crippen molar-refractivity contribution in [1.82, 2.24) is 4.98 Å². The molecule has 0 bridgehead atoms. The minimum Gasteiger partial charge on any atom is -0.236 e. The molecule has 31 heavy (non-hydrogen) atoms. The molecule has 6 rings (SSSR count). The summed E-state index contributed by atoms with van der Waals surface area (Å²) in [6, 6.07) is 24.3. The quantitative estimate of drug-likeness (QED) is 0.231. The van der Waals surface area contributed by atoms with Crippen LogP contribution in [0, 0.1) is 6.92 Å². The Labute approximate surface area is 185 Å². The Hall–Kier alpha value is -3.43. The highest BCUT2D eigenvalue weighted by Gasteiger charge is 2.25. The maximum absolute atomic E-state index is 4.02. The van der Waals surface area contributed by atoms with Crippen molar-refractivity contribution >= 4 is 53.3 Å². The van der Waals surface area contributed by atoms with Crippen LogP contribution in [0.15, 0.2) is 79.4 Å². The molecule has 0 radical (unpaired) electrons. The minimum atomic E-state index is 0.842. The second kappa shape index (κ2) is 6.79. The first-order valence-corrected chi connectivity index (χ1v) is 11.4. The maximum atomic E-state index is 4.02. The molecule has 4 aromatic carbocycles. The van der Waals surface area contributed by atoms with E-state index >= 15 is 0 Å². The third-order valence-electron chi connectivity index (χ3n) is 6.33. The lowest BCUT2D eigenvalue weighted by Crippen LogP contribution is -2.29. The molecule has 0 aliphatic rings. The van der Waals surface area contributed by atoms with Crippen molar-refractivity contribution in [2.24, 2.45) is 7.05 Å². The zero-order chi connectivity index (χ0) is 21.1. The molecule has 0 amide bonds. The first kappa shape index (κ1) is 18.3. The average molecular weight is 420 g/mol. The number of imidazole rings is 1. The van der Waals surface area contributed by atoms with Gasteiger partial charge in [-0.1, -0.05) is 48.5 Å². The van der Waals surface area contributed by atoms with Gasteiger partial charge in [0.25, 0.3) is 5.82 Å². The molecule has 0 saturated carbocycles. The van der Waals surface area contributed by atoms with Gasteiger partial charge in [0.05, 0.1) is 17.3 Å². The molecule has 2 heterocycles. The fraction of sp³-hybridized carbons (Fsp3) is 0.107. The van der Waals surface area contributed by atoms with E-state index < -0.39 is 0 Å². The van der Waals surface area contributed by atoms with E-state index in [1.165, 1.54) is 58.7 Å². The predicted molar refractivity (Wildman–Crippen MR) is 134 cm³/mol. The Balaban J connectivity index is 1.75. The third kappa shape index (κ3) is 2.67. The molecule has 0 atom stereocenters. The van der Waals surface area contributed by atoms with Gasteiger partial charge in [-0.3, -0.25) is 0 Å². The van der Waals surface area contributed by atoms with Gasteiger partial charge in [0, 0.05) is 20.9 Å². The van der Waals surface area contributed by atoms with Gasteiger partial charge in [-0.25, -0.2) is 9.55 Å². The van der Waals surface area contributed by atoms with Crippen LogP contribution in [0.1, 0.15) is 11.1 Å². The number of aromatic amines is 1. The van der Waals surface area contributed by atoms with Crippen molar-refractivity contribution in [2.45, 2.75) is 13.3 Å². The molecule has 1 N–H and O–H groups in total. The summed E-state index contributed by atoms with van der Waals surface area (Å²) in [6.45, 7) is 6.18. The number of H-pyrrole nitrogens is 1. The van der Waals surface area contributed by atoms with Crippen molar-refractivity contribution in [1.29, 1.82) is 0 Å². The van der Waals surface area contributed by atoms with Crippen LogP contribution in [0.25, 0.3) is 53.4 Å². The number of nitrogens with zero attached hydrogens (tertiary/aromatic N) is 1. The summed E-state index contributed by atoms with van der Waals surface area (Å²) < 4.78 is 4.99. The van der Waals surface area contributed by atoms with Crippen LogP contribution >= 0.6 is 11.3 Å². The number of hydrogen-bond acceptors (Lipinski definition) is 1. The lowest BCUT2D eigenvalue weighted by Gasteiger charge is -2.06. The van der Waals surface area contributed by atoms with Crippen LogP contribution in [-0.4, -0.2) is 4.98 Å². The number of rotatable bonds is 3. The van der Waals surface area contributed by atoms with E-state index in [0.29, 0.717) is 0 Å². The summed E-state index contributed by atoms with van der Waals surface area (Å²) in [5.74, 6) is 1.15. The fourth-order valence-electron chi connectivity index (χ4n) is 4.80. The summed E-state index contributed by atoms with van der Waals surface area (Å²) in [5.41, 5.74) is 6.30. The molecule has 0 spiro atoms. The van der Waals surface area contributed by atoms with Gasteiger partial charge in [-0.05, 0) is 54.1 Å². The molecule has 0 unspecified atom stereocenters. The number of aryl methyl sites for hydroxylation is 2. The smallest absolute Gasteiger partial charge is 0.236 e. The highest BCUT2D eigenvalue weighted by Crippen LogP contribution is 2.41. The summed E-state index contributed by atoms with van der Waals surface area (Å²) in [5, 5.41) is 5.17. The monoisotopic (exact) mass is 419 g/mol. The molecule has 0 aliphatic heterocycles. The Bertz CT molecular complexity index is 1650. The number of hydrogen-bond donors (Lipinski definition) is 1. The van der Waals surface area contributed by atoms with Crippen molar-refractivity contribution in [3.8, 4) is 11.4 Å². The molecule has 0 saturated heterocycles. The zero-order valence-corrected chi connectivity index (χ0v) is 18.5. The third-order valence-corrected chi connectivity index (χ3v) is 7.52. The molecule has 2 nitrogen and oxygen atoms in total. The standard InChI is InChI=1S/C28H22N2S/c1-4-7-19-11-14-22-21-13-10-17(2)16-24(21)31-27(22)25(19)28-29-26-20-9-6-5-8-18(20)12-15-23(26)30(28)3/h4-6,8-16H,1,7H2,2-3H3/p+1. The number of thiophene rings is 1. The van der Waals surface area contributed by atoms with Crippen LogP contribution in [-0.2, 0) is 13.5 Å². The SMILES string of the molecule is C=CCc1ccc2c(sc3cc(C)ccc32)c1-c1[nH]c2c3ccccc3ccc2[n+]1C. The highest BCUT2D eigenvalue weighted by atomic mass is 32.1. The number of fused-ring (bicyclic) bond motifs is 6. The zero-order valence-electron chi connectivity index (χ0n) is 17.7. The van der Waals surface area contributed by atoms with E-state index in [1.807, 2.05) is 17.4 Å². The van der Waals surface area contributed by atoms with Gasteiger partial charge in [-0.15, -0.1) is 17.9 Å². The molecule has 150 valence electrons. The molecular formula is C28H23N2S+. The first-order chi connectivity index (χ1) is 15.2. The largest absolute Gasteiger partial charge is 0.289 e.